The molecule has 1 aromatic rings. The van der Waals surface area contributed by atoms with E-state index in [1.165, 1.54) is 0 Å². The molecule has 1 aromatic carbocycles. The summed E-state index contributed by atoms with van der Waals surface area (Å²) in [6.07, 6.45) is 1.08. The normalized spacial score (nSPS) is 11.7. The first-order valence-electron chi connectivity index (χ1n) is 5.17. The maximum atomic E-state index is 12.3. The second kappa shape index (κ2) is 7.00. The number of alkyl halides is 2. The third-order valence-electron chi connectivity index (χ3n) is 2.03. The highest BCUT2D eigenvalue weighted by atomic mass is 32.2. The van der Waals surface area contributed by atoms with E-state index in [2.05, 4.69) is 5.32 Å². The molecular weight excluding hydrogens is 260 g/mol. The number of aliphatic carboxylic acids is 1. The summed E-state index contributed by atoms with van der Waals surface area (Å²) in [5.74, 6) is -3.51. The highest BCUT2D eigenvalue weighted by molar-refractivity contribution is 7.99. The first-order valence-corrected chi connectivity index (χ1v) is 6.05. The number of thioether (sulfide) groups is 1. The van der Waals surface area contributed by atoms with E-state index in [-0.39, 0.29) is 0 Å². The summed E-state index contributed by atoms with van der Waals surface area (Å²) in [5, 5.41) is 11.5. The van der Waals surface area contributed by atoms with Gasteiger partial charge in [0.15, 0.2) is 0 Å². The van der Waals surface area contributed by atoms with Crippen molar-refractivity contribution in [2.45, 2.75) is 17.6 Å². The van der Waals surface area contributed by atoms with Crippen molar-refractivity contribution in [3.8, 4) is 0 Å². The van der Waals surface area contributed by atoms with Crippen LogP contribution in [0.3, 0.4) is 0 Å². The smallest absolute Gasteiger partial charge is 0.328 e. The molecule has 0 bridgehead atoms. The molecule has 2 N–H and O–H groups in total. The van der Waals surface area contributed by atoms with E-state index in [0.29, 0.717) is 34.5 Å². The molecule has 0 amide bonds. The van der Waals surface area contributed by atoms with E-state index in [1.807, 2.05) is 0 Å². The van der Waals surface area contributed by atoms with Crippen molar-refractivity contribution >= 4 is 23.4 Å². The highest BCUT2D eigenvalue weighted by Gasteiger charge is 2.09. The maximum absolute atomic E-state index is 12.3. The zero-order valence-electron chi connectivity index (χ0n) is 9.69. The number of para-hydroxylation sites is 1. The van der Waals surface area contributed by atoms with Crippen molar-refractivity contribution in [3.05, 3.63) is 35.9 Å². The predicted molar refractivity (Wildman–Crippen MR) is 68.2 cm³/mol. The Morgan fingerprint density at radius 1 is 1.50 bits per heavy atom. The van der Waals surface area contributed by atoms with Crippen molar-refractivity contribution in [2.75, 3.05) is 11.9 Å². The van der Waals surface area contributed by atoms with Gasteiger partial charge < -0.3 is 10.4 Å². The number of rotatable bonds is 6. The van der Waals surface area contributed by atoms with Crippen molar-refractivity contribution in [3.63, 3.8) is 0 Å². The quantitative estimate of drug-likeness (QED) is 0.615. The molecule has 0 aromatic heterocycles. The minimum atomic E-state index is -2.48. The van der Waals surface area contributed by atoms with Gasteiger partial charge in [-0.3, -0.25) is 0 Å². The van der Waals surface area contributed by atoms with Crippen LogP contribution in [0.1, 0.15) is 6.92 Å². The molecule has 0 saturated carbocycles. The van der Waals surface area contributed by atoms with Gasteiger partial charge in [0.1, 0.15) is 0 Å². The summed E-state index contributed by atoms with van der Waals surface area (Å²) in [6.45, 7) is 1.96. The van der Waals surface area contributed by atoms with Crippen LogP contribution in [-0.4, -0.2) is 23.4 Å². The number of hydrogen-bond donors (Lipinski definition) is 2. The summed E-state index contributed by atoms with van der Waals surface area (Å²) in [4.78, 5) is 10.9. The third kappa shape index (κ3) is 5.18. The lowest BCUT2D eigenvalue weighted by molar-refractivity contribution is -0.131. The second-order valence-corrected chi connectivity index (χ2v) is 4.59. The Balaban J connectivity index is 2.69. The van der Waals surface area contributed by atoms with Gasteiger partial charge in [0.25, 0.3) is 5.76 Å². The molecule has 0 atom stereocenters. The van der Waals surface area contributed by atoms with Crippen LogP contribution >= 0.6 is 11.8 Å². The molecule has 0 aliphatic carbocycles. The van der Waals surface area contributed by atoms with Gasteiger partial charge in [0, 0.05) is 23.2 Å². The van der Waals surface area contributed by atoms with Gasteiger partial charge in [-0.1, -0.05) is 23.9 Å². The van der Waals surface area contributed by atoms with Crippen LogP contribution in [0.15, 0.2) is 40.8 Å². The molecule has 0 aliphatic heterocycles. The van der Waals surface area contributed by atoms with Crippen molar-refractivity contribution in [1.29, 1.82) is 0 Å². The fourth-order valence-corrected chi connectivity index (χ4v) is 1.92. The van der Waals surface area contributed by atoms with Crippen molar-refractivity contribution in [2.24, 2.45) is 0 Å². The van der Waals surface area contributed by atoms with Crippen LogP contribution in [0, 0.1) is 0 Å². The topological polar surface area (TPSA) is 49.3 Å². The molecule has 98 valence electrons. The largest absolute Gasteiger partial charge is 0.478 e. The minimum absolute atomic E-state index is 0.299. The van der Waals surface area contributed by atoms with Crippen LogP contribution in [0.4, 0.5) is 14.5 Å². The predicted octanol–water partition coefficient (Wildman–Crippen LogP) is 3.44. The lowest BCUT2D eigenvalue weighted by Crippen LogP contribution is -2.05. The third-order valence-corrected chi connectivity index (χ3v) is 2.82. The van der Waals surface area contributed by atoms with E-state index in [0.717, 1.165) is 6.08 Å². The molecule has 18 heavy (non-hydrogen) atoms. The molecule has 0 saturated heterocycles. The Hall–Kier alpha value is -1.56. The summed E-state index contributed by atoms with van der Waals surface area (Å²) in [5.41, 5.74) is 1.18. The first-order chi connectivity index (χ1) is 8.49. The van der Waals surface area contributed by atoms with Crippen LogP contribution in [-0.2, 0) is 4.79 Å². The maximum Gasteiger partial charge on any atom is 0.328 e. The first kappa shape index (κ1) is 14.5. The van der Waals surface area contributed by atoms with E-state index >= 15 is 0 Å². The van der Waals surface area contributed by atoms with Crippen LogP contribution in [0.5, 0.6) is 0 Å². The molecular formula is C12H13F2NO2S. The number of carboxylic acids is 1. The fourth-order valence-electron chi connectivity index (χ4n) is 1.31. The van der Waals surface area contributed by atoms with Crippen molar-refractivity contribution < 1.29 is 18.7 Å². The SMILES string of the molecule is C/C(=C/C(=O)O)CNc1ccccc1SC(F)F. The van der Waals surface area contributed by atoms with Gasteiger partial charge in [-0.15, -0.1) is 0 Å². The number of anilines is 1. The van der Waals surface area contributed by atoms with Crippen LogP contribution < -0.4 is 5.32 Å². The Morgan fingerprint density at radius 3 is 2.78 bits per heavy atom. The lowest BCUT2D eigenvalue weighted by atomic mass is 10.2. The van der Waals surface area contributed by atoms with Gasteiger partial charge in [-0.25, -0.2) is 4.79 Å². The number of hydrogen-bond acceptors (Lipinski definition) is 3. The Morgan fingerprint density at radius 2 is 2.17 bits per heavy atom. The van der Waals surface area contributed by atoms with Gasteiger partial charge in [-0.2, -0.15) is 8.78 Å². The van der Waals surface area contributed by atoms with E-state index in [9.17, 15) is 13.6 Å². The van der Waals surface area contributed by atoms with Crippen LogP contribution in [0.2, 0.25) is 0 Å². The molecule has 6 heteroatoms. The molecule has 1 rings (SSSR count). The molecule has 3 nitrogen and oxygen atoms in total. The summed E-state index contributed by atoms with van der Waals surface area (Å²) < 4.78 is 24.6. The average Bonchev–Trinajstić information content (AvgIpc) is 2.26. The van der Waals surface area contributed by atoms with E-state index in [1.54, 1.807) is 31.2 Å². The Labute approximate surface area is 108 Å². The Bertz CT molecular complexity index is 449. The number of halogens is 2. The fraction of sp³-hybridized carbons (Fsp3) is 0.250. The monoisotopic (exact) mass is 273 g/mol. The second-order valence-electron chi connectivity index (χ2n) is 3.56. The molecule has 0 spiro atoms. The van der Waals surface area contributed by atoms with E-state index < -0.39 is 11.7 Å². The average molecular weight is 273 g/mol. The van der Waals surface area contributed by atoms with Gasteiger partial charge in [0.05, 0.1) is 0 Å². The van der Waals surface area contributed by atoms with Gasteiger partial charge in [0.2, 0.25) is 0 Å². The number of carboxylic acid groups (broad SMARTS) is 1. The lowest BCUT2D eigenvalue weighted by Gasteiger charge is -2.11. The van der Waals surface area contributed by atoms with Crippen molar-refractivity contribution in [1.82, 2.24) is 0 Å². The molecule has 0 radical (unpaired) electrons. The number of benzene rings is 1. The minimum Gasteiger partial charge on any atom is -0.478 e. The standard InChI is InChI=1S/C12H13F2NO2S/c1-8(6-11(16)17)7-15-9-4-2-3-5-10(9)18-12(13)14/h2-6,12,15H,7H2,1H3,(H,16,17)/b8-6-. The molecule has 0 aliphatic rings. The molecule has 0 heterocycles. The summed E-state index contributed by atoms with van der Waals surface area (Å²) in [6, 6.07) is 6.68. The van der Waals surface area contributed by atoms with E-state index in [4.69, 9.17) is 5.11 Å². The molecule has 0 fully saturated rings. The molecule has 0 unspecified atom stereocenters. The summed E-state index contributed by atoms with van der Waals surface area (Å²) >= 11 is 0.459. The Kier molecular flexibility index (Phi) is 5.64. The summed E-state index contributed by atoms with van der Waals surface area (Å²) in [7, 11) is 0. The number of nitrogens with one attached hydrogen (secondary N) is 1. The highest BCUT2D eigenvalue weighted by Crippen LogP contribution is 2.31. The van der Waals surface area contributed by atoms with Gasteiger partial charge >= 0.3 is 5.97 Å². The van der Waals surface area contributed by atoms with Gasteiger partial charge in [-0.05, 0) is 24.6 Å². The zero-order valence-corrected chi connectivity index (χ0v) is 10.5. The number of carbonyl (C=O) groups is 1. The zero-order chi connectivity index (χ0) is 13.5. The van der Waals surface area contributed by atoms with Crippen LogP contribution in [0.25, 0.3) is 0 Å².